The summed E-state index contributed by atoms with van der Waals surface area (Å²) in [4.78, 5) is 11.1. The van der Waals surface area contributed by atoms with Gasteiger partial charge >= 0.3 is 5.97 Å². The number of fused-ring (bicyclic) bond motifs is 2. The third-order valence-electron chi connectivity index (χ3n) is 5.84. The molecule has 1 aliphatic heterocycles. The molecule has 0 amide bonds. The number of nitrogens with zero attached hydrogens (tertiary/aromatic N) is 1. The normalized spacial score (nSPS) is 12.3. The number of carboxylic acids is 1. The van der Waals surface area contributed by atoms with Crippen LogP contribution in [0, 0.1) is 0 Å². The zero-order valence-corrected chi connectivity index (χ0v) is 19.0. The molecule has 174 valence electrons. The van der Waals surface area contributed by atoms with Gasteiger partial charge in [0.25, 0.3) is 0 Å². The Labute approximate surface area is 201 Å². The molecule has 1 aromatic heterocycles. The first-order chi connectivity index (χ1) is 16.5. The van der Waals surface area contributed by atoms with Crippen LogP contribution in [0.2, 0.25) is 5.02 Å². The van der Waals surface area contributed by atoms with Gasteiger partial charge in [0.2, 0.25) is 6.79 Å². The highest BCUT2D eigenvalue weighted by Crippen LogP contribution is 2.37. The molecule has 4 aromatic rings. The van der Waals surface area contributed by atoms with E-state index in [1.165, 1.54) is 0 Å². The first-order valence-corrected chi connectivity index (χ1v) is 11.2. The maximum atomic E-state index is 11.1. The minimum absolute atomic E-state index is 0.192. The number of carbonyl (C=O) groups is 1. The number of ether oxygens (including phenoxy) is 3. The van der Waals surface area contributed by atoms with Gasteiger partial charge in [-0.25, -0.2) is 4.79 Å². The van der Waals surface area contributed by atoms with Gasteiger partial charge in [-0.1, -0.05) is 23.7 Å². The number of benzene rings is 3. The molecule has 3 N–H and O–H groups in total. The highest BCUT2D eigenvalue weighted by Gasteiger charge is 2.17. The van der Waals surface area contributed by atoms with Crippen LogP contribution in [-0.4, -0.2) is 29.0 Å². The average molecular weight is 479 g/mol. The molecular formula is C26H23ClN2O5. The molecule has 1 aliphatic rings. The van der Waals surface area contributed by atoms with Crippen LogP contribution in [0.1, 0.15) is 27.0 Å². The monoisotopic (exact) mass is 478 g/mol. The summed E-state index contributed by atoms with van der Waals surface area (Å²) >= 11 is 6.38. The number of hydrogen-bond donors (Lipinski definition) is 2. The van der Waals surface area contributed by atoms with Gasteiger partial charge < -0.3 is 29.6 Å². The van der Waals surface area contributed by atoms with Crippen molar-refractivity contribution in [3.63, 3.8) is 0 Å². The molecule has 0 saturated carbocycles. The van der Waals surface area contributed by atoms with Gasteiger partial charge in [-0.15, -0.1) is 0 Å². The quantitative estimate of drug-likeness (QED) is 0.376. The second kappa shape index (κ2) is 9.29. The van der Waals surface area contributed by atoms with E-state index >= 15 is 0 Å². The fourth-order valence-electron chi connectivity index (χ4n) is 4.11. The molecular weight excluding hydrogens is 456 g/mol. The maximum Gasteiger partial charge on any atom is 0.335 e. The van der Waals surface area contributed by atoms with Crippen LogP contribution in [0.5, 0.6) is 17.2 Å². The van der Waals surface area contributed by atoms with Crippen molar-refractivity contribution in [1.29, 1.82) is 0 Å². The van der Waals surface area contributed by atoms with Crippen molar-refractivity contribution in [2.75, 3.05) is 13.3 Å². The maximum absolute atomic E-state index is 11.1. The predicted molar refractivity (Wildman–Crippen MR) is 129 cm³/mol. The van der Waals surface area contributed by atoms with Crippen LogP contribution < -0.4 is 19.9 Å². The zero-order valence-electron chi connectivity index (χ0n) is 18.3. The Bertz CT molecular complexity index is 1360. The Morgan fingerprint density at radius 2 is 1.82 bits per heavy atom. The molecule has 5 rings (SSSR count). The summed E-state index contributed by atoms with van der Waals surface area (Å²) in [6, 6.07) is 16.5. The standard InChI is InChI=1S/C26H23ClN2O5/c27-22-11-25-24(33-15-34-25)9-19(22)14-32-20-5-6-23-21(10-20)18(7-8-28)13-29(23)12-16-1-3-17(4-2-16)26(30)31/h1-6,9-11,13H,7-8,12,14-15,28H2,(H,30,31). The molecule has 0 fully saturated rings. The molecule has 0 atom stereocenters. The van der Waals surface area contributed by atoms with Crippen molar-refractivity contribution >= 4 is 28.5 Å². The summed E-state index contributed by atoms with van der Waals surface area (Å²) in [6.45, 7) is 1.64. The van der Waals surface area contributed by atoms with Crippen LogP contribution in [0.25, 0.3) is 10.9 Å². The molecule has 7 nitrogen and oxygen atoms in total. The summed E-state index contributed by atoms with van der Waals surface area (Å²) < 4.78 is 19.0. The van der Waals surface area contributed by atoms with Gasteiger partial charge in [-0.2, -0.15) is 0 Å². The molecule has 0 spiro atoms. The van der Waals surface area contributed by atoms with E-state index < -0.39 is 5.97 Å². The van der Waals surface area contributed by atoms with Gasteiger partial charge in [0, 0.05) is 35.3 Å². The minimum atomic E-state index is -0.933. The number of nitrogens with two attached hydrogens (primary N) is 1. The van der Waals surface area contributed by atoms with Crippen molar-refractivity contribution in [3.8, 4) is 17.2 Å². The summed E-state index contributed by atoms with van der Waals surface area (Å²) in [7, 11) is 0. The number of rotatable bonds is 8. The van der Waals surface area contributed by atoms with Crippen molar-refractivity contribution < 1.29 is 24.1 Å². The lowest BCUT2D eigenvalue weighted by molar-refractivity contribution is 0.0697. The van der Waals surface area contributed by atoms with Crippen LogP contribution in [0.4, 0.5) is 0 Å². The van der Waals surface area contributed by atoms with Gasteiger partial charge in [0.1, 0.15) is 12.4 Å². The summed E-state index contributed by atoms with van der Waals surface area (Å²) in [5.74, 6) is 1.10. The van der Waals surface area contributed by atoms with E-state index in [-0.39, 0.29) is 12.4 Å². The number of carboxylic acid groups (broad SMARTS) is 1. The van der Waals surface area contributed by atoms with E-state index in [0.717, 1.165) is 39.8 Å². The van der Waals surface area contributed by atoms with Gasteiger partial charge in [-0.05, 0) is 60.5 Å². The third kappa shape index (κ3) is 4.40. The van der Waals surface area contributed by atoms with Gasteiger partial charge in [0.15, 0.2) is 11.5 Å². The van der Waals surface area contributed by atoms with Crippen molar-refractivity contribution in [3.05, 3.63) is 88.1 Å². The number of hydrogen-bond acceptors (Lipinski definition) is 5. The second-order valence-electron chi connectivity index (χ2n) is 8.09. The molecule has 0 aliphatic carbocycles. The molecule has 0 unspecified atom stereocenters. The lowest BCUT2D eigenvalue weighted by atomic mass is 10.1. The van der Waals surface area contributed by atoms with Crippen molar-refractivity contribution in [1.82, 2.24) is 4.57 Å². The molecule has 0 bridgehead atoms. The van der Waals surface area contributed by atoms with Crippen molar-refractivity contribution in [2.24, 2.45) is 5.73 Å². The minimum Gasteiger partial charge on any atom is -0.489 e. The SMILES string of the molecule is NCCc1cn(Cc2ccc(C(=O)O)cc2)c2ccc(OCc3cc4c(cc3Cl)OCO4)cc12. The molecule has 34 heavy (non-hydrogen) atoms. The Morgan fingerprint density at radius 3 is 2.56 bits per heavy atom. The Balaban J connectivity index is 1.39. The Kier molecular flexibility index (Phi) is 6.04. The average Bonchev–Trinajstić information content (AvgIpc) is 3.42. The lowest BCUT2D eigenvalue weighted by Gasteiger charge is -2.10. The summed E-state index contributed by atoms with van der Waals surface area (Å²) in [6.07, 6.45) is 2.83. The van der Waals surface area contributed by atoms with E-state index in [4.69, 9.17) is 36.7 Å². The van der Waals surface area contributed by atoms with E-state index in [1.54, 1.807) is 18.2 Å². The first-order valence-electron chi connectivity index (χ1n) is 10.9. The molecule has 0 saturated heterocycles. The summed E-state index contributed by atoms with van der Waals surface area (Å²) in [5, 5.41) is 10.8. The Hall–Kier alpha value is -3.68. The largest absolute Gasteiger partial charge is 0.489 e. The molecule has 0 radical (unpaired) electrons. The van der Waals surface area contributed by atoms with E-state index in [0.29, 0.717) is 36.2 Å². The van der Waals surface area contributed by atoms with E-state index in [9.17, 15) is 4.79 Å². The highest BCUT2D eigenvalue weighted by atomic mass is 35.5. The van der Waals surface area contributed by atoms with Gasteiger partial charge in [-0.3, -0.25) is 0 Å². The van der Waals surface area contributed by atoms with Gasteiger partial charge in [0.05, 0.1) is 10.6 Å². The first kappa shape index (κ1) is 22.1. The third-order valence-corrected chi connectivity index (χ3v) is 6.19. The topological polar surface area (TPSA) is 95.9 Å². The fraction of sp³-hybridized carbons (Fsp3) is 0.192. The number of halogens is 1. The fourth-order valence-corrected chi connectivity index (χ4v) is 4.31. The van der Waals surface area contributed by atoms with Crippen LogP contribution >= 0.6 is 11.6 Å². The molecule has 2 heterocycles. The summed E-state index contributed by atoms with van der Waals surface area (Å²) in [5.41, 5.74) is 10.1. The predicted octanol–water partition coefficient (Wildman–Crippen LogP) is 4.85. The molecule has 8 heteroatoms. The van der Waals surface area contributed by atoms with Crippen molar-refractivity contribution in [2.45, 2.75) is 19.6 Å². The Morgan fingerprint density at radius 1 is 1.06 bits per heavy atom. The zero-order chi connectivity index (χ0) is 23.7. The van der Waals surface area contributed by atoms with Crippen LogP contribution in [0.3, 0.4) is 0 Å². The number of aromatic nitrogens is 1. The second-order valence-corrected chi connectivity index (χ2v) is 8.49. The number of aromatic carboxylic acids is 1. The smallest absolute Gasteiger partial charge is 0.335 e. The van der Waals surface area contributed by atoms with Crippen LogP contribution in [-0.2, 0) is 19.6 Å². The molecule has 3 aromatic carbocycles. The lowest BCUT2D eigenvalue weighted by Crippen LogP contribution is -2.02. The van der Waals surface area contributed by atoms with Crippen LogP contribution in [0.15, 0.2) is 60.8 Å². The highest BCUT2D eigenvalue weighted by molar-refractivity contribution is 6.31. The van der Waals surface area contributed by atoms with E-state index in [2.05, 4.69) is 10.8 Å². The van der Waals surface area contributed by atoms with E-state index in [1.807, 2.05) is 36.4 Å².